The number of aliphatic hydroxyl groups excluding tert-OH is 1. The Balaban J connectivity index is 2.02. The van der Waals surface area contributed by atoms with Crippen molar-refractivity contribution in [3.63, 3.8) is 0 Å². The lowest BCUT2D eigenvalue weighted by molar-refractivity contribution is 0.199. The molecule has 96 valence electrons. The third kappa shape index (κ3) is 2.94. The lowest BCUT2D eigenvalue weighted by Crippen LogP contribution is -1.90. The second-order valence-corrected chi connectivity index (χ2v) is 5.39. The third-order valence-electron chi connectivity index (χ3n) is 2.93. The van der Waals surface area contributed by atoms with Crippen molar-refractivity contribution < 1.29 is 9.63 Å². The Bertz CT molecular complexity index is 498. The molecule has 0 aliphatic carbocycles. The van der Waals surface area contributed by atoms with Crippen molar-refractivity contribution in [3.8, 4) is 0 Å². The molecule has 1 aromatic heterocycles. The van der Waals surface area contributed by atoms with Crippen LogP contribution in [0.1, 0.15) is 35.6 Å². The zero-order valence-corrected chi connectivity index (χ0v) is 11.6. The van der Waals surface area contributed by atoms with Crippen LogP contribution in [0.3, 0.4) is 0 Å². The van der Waals surface area contributed by atoms with Gasteiger partial charge in [0.05, 0.1) is 11.8 Å². The molecule has 0 radical (unpaired) electrons. The van der Waals surface area contributed by atoms with E-state index in [1.807, 2.05) is 38.1 Å². The van der Waals surface area contributed by atoms with Gasteiger partial charge in [0.1, 0.15) is 5.76 Å². The van der Waals surface area contributed by atoms with E-state index in [2.05, 4.69) is 5.16 Å². The summed E-state index contributed by atoms with van der Waals surface area (Å²) in [6.45, 7) is 5.67. The van der Waals surface area contributed by atoms with Gasteiger partial charge < -0.3 is 9.63 Å². The monoisotopic (exact) mass is 263 g/mol. The summed E-state index contributed by atoms with van der Waals surface area (Å²) in [6, 6.07) is 7.98. The molecule has 0 aliphatic heterocycles. The Morgan fingerprint density at radius 2 is 1.94 bits per heavy atom. The maximum Gasteiger partial charge on any atom is 0.137 e. The molecule has 1 aromatic carbocycles. The topological polar surface area (TPSA) is 46.3 Å². The zero-order chi connectivity index (χ0) is 13.1. The predicted octanol–water partition coefficient (Wildman–Crippen LogP) is 3.64. The highest BCUT2D eigenvalue weighted by Crippen LogP contribution is 2.27. The molecule has 0 fully saturated rings. The van der Waals surface area contributed by atoms with Gasteiger partial charge in [0.25, 0.3) is 0 Å². The zero-order valence-electron chi connectivity index (χ0n) is 10.8. The summed E-state index contributed by atoms with van der Waals surface area (Å²) in [5, 5.41) is 13.4. The van der Waals surface area contributed by atoms with Crippen molar-refractivity contribution in [2.24, 2.45) is 0 Å². The first-order valence-corrected chi connectivity index (χ1v) is 6.89. The van der Waals surface area contributed by atoms with E-state index in [-0.39, 0.29) is 0 Å². The summed E-state index contributed by atoms with van der Waals surface area (Å²) < 4.78 is 5.14. The van der Waals surface area contributed by atoms with Crippen LogP contribution in [0.2, 0.25) is 0 Å². The number of aliphatic hydroxyl groups is 1. The summed E-state index contributed by atoms with van der Waals surface area (Å²) in [6.07, 6.45) is -0.411. The van der Waals surface area contributed by atoms with Gasteiger partial charge >= 0.3 is 0 Å². The quantitative estimate of drug-likeness (QED) is 0.855. The van der Waals surface area contributed by atoms with E-state index in [0.29, 0.717) is 0 Å². The second kappa shape index (κ2) is 5.59. The average molecular weight is 263 g/mol. The van der Waals surface area contributed by atoms with Crippen molar-refractivity contribution >= 4 is 11.8 Å². The van der Waals surface area contributed by atoms with Gasteiger partial charge in [0.15, 0.2) is 0 Å². The first kappa shape index (κ1) is 13.2. The number of nitrogens with zero attached hydrogens (tertiary/aromatic N) is 1. The molecule has 3 nitrogen and oxygen atoms in total. The maximum atomic E-state index is 9.44. The fourth-order valence-corrected chi connectivity index (χ4v) is 2.76. The van der Waals surface area contributed by atoms with Crippen molar-refractivity contribution in [2.45, 2.75) is 37.5 Å². The minimum atomic E-state index is -0.411. The summed E-state index contributed by atoms with van der Waals surface area (Å²) in [5.74, 6) is 1.75. The second-order valence-electron chi connectivity index (χ2n) is 4.34. The number of rotatable bonds is 4. The smallest absolute Gasteiger partial charge is 0.137 e. The van der Waals surface area contributed by atoms with Crippen LogP contribution in [0.25, 0.3) is 0 Å². The molecule has 2 aromatic rings. The maximum absolute atomic E-state index is 9.44. The molecule has 0 spiro atoms. The van der Waals surface area contributed by atoms with E-state index in [4.69, 9.17) is 4.52 Å². The normalized spacial score (nSPS) is 12.7. The van der Waals surface area contributed by atoms with Gasteiger partial charge in [-0.3, -0.25) is 0 Å². The predicted molar refractivity (Wildman–Crippen MR) is 72.6 cm³/mol. The van der Waals surface area contributed by atoms with E-state index < -0.39 is 6.10 Å². The summed E-state index contributed by atoms with van der Waals surface area (Å²) in [4.78, 5) is 1.18. The molecule has 1 heterocycles. The van der Waals surface area contributed by atoms with Crippen LogP contribution >= 0.6 is 11.8 Å². The lowest BCUT2D eigenvalue weighted by atomic mass is 10.1. The van der Waals surface area contributed by atoms with Crippen LogP contribution in [0.15, 0.2) is 33.7 Å². The molecule has 1 atom stereocenters. The van der Waals surface area contributed by atoms with Gasteiger partial charge in [0.2, 0.25) is 0 Å². The van der Waals surface area contributed by atoms with E-state index in [9.17, 15) is 5.11 Å². The van der Waals surface area contributed by atoms with Gasteiger partial charge in [-0.15, -0.1) is 11.8 Å². The van der Waals surface area contributed by atoms with Gasteiger partial charge in [-0.1, -0.05) is 17.3 Å². The molecule has 0 saturated heterocycles. The van der Waals surface area contributed by atoms with Gasteiger partial charge in [-0.25, -0.2) is 0 Å². The Labute approximate surface area is 111 Å². The number of benzene rings is 1. The summed E-state index contributed by atoms with van der Waals surface area (Å²) >= 11 is 1.75. The highest BCUT2D eigenvalue weighted by molar-refractivity contribution is 7.98. The number of thioether (sulfide) groups is 1. The largest absolute Gasteiger partial charge is 0.389 e. The first-order valence-electron chi connectivity index (χ1n) is 5.90. The minimum absolute atomic E-state index is 0.411. The highest BCUT2D eigenvalue weighted by Gasteiger charge is 2.09. The van der Waals surface area contributed by atoms with Gasteiger partial charge in [0, 0.05) is 16.2 Å². The van der Waals surface area contributed by atoms with Crippen LogP contribution in [0, 0.1) is 13.8 Å². The van der Waals surface area contributed by atoms with E-state index in [1.165, 1.54) is 10.5 Å². The molecular weight excluding hydrogens is 246 g/mol. The van der Waals surface area contributed by atoms with E-state index >= 15 is 0 Å². The summed E-state index contributed by atoms with van der Waals surface area (Å²) in [7, 11) is 0. The highest BCUT2D eigenvalue weighted by atomic mass is 32.2. The number of aromatic nitrogens is 1. The minimum Gasteiger partial charge on any atom is -0.389 e. The Morgan fingerprint density at radius 3 is 2.44 bits per heavy atom. The lowest BCUT2D eigenvalue weighted by Gasteiger charge is -2.06. The van der Waals surface area contributed by atoms with Crippen molar-refractivity contribution in [3.05, 3.63) is 46.8 Å². The fraction of sp³-hybridized carbons (Fsp3) is 0.357. The molecule has 0 aliphatic rings. The molecule has 0 amide bonds. The molecule has 1 N–H and O–H groups in total. The van der Waals surface area contributed by atoms with Crippen LogP contribution in [0.5, 0.6) is 0 Å². The van der Waals surface area contributed by atoms with Crippen LogP contribution in [0.4, 0.5) is 0 Å². The fourth-order valence-electron chi connectivity index (χ4n) is 1.71. The molecule has 0 saturated carbocycles. The molecule has 1 unspecified atom stereocenters. The van der Waals surface area contributed by atoms with Gasteiger partial charge in [-0.05, 0) is 38.5 Å². The molecule has 0 bridgehead atoms. The van der Waals surface area contributed by atoms with E-state index in [0.717, 1.165) is 22.8 Å². The number of aryl methyl sites for hydroxylation is 2. The third-order valence-corrected chi connectivity index (χ3v) is 3.97. The number of hydrogen-bond donors (Lipinski definition) is 1. The first-order chi connectivity index (χ1) is 8.58. The van der Waals surface area contributed by atoms with Crippen molar-refractivity contribution in [1.29, 1.82) is 0 Å². The van der Waals surface area contributed by atoms with E-state index in [1.54, 1.807) is 18.7 Å². The molecule has 18 heavy (non-hydrogen) atoms. The SMILES string of the molecule is Cc1noc(C)c1CSc1ccc(C(C)O)cc1. The number of hydrogen-bond acceptors (Lipinski definition) is 4. The Hall–Kier alpha value is -1.26. The molecular formula is C14H17NO2S. The Morgan fingerprint density at radius 1 is 1.28 bits per heavy atom. The molecule has 2 rings (SSSR count). The summed E-state index contributed by atoms with van der Waals surface area (Å²) in [5.41, 5.74) is 3.07. The molecule has 4 heteroatoms. The van der Waals surface area contributed by atoms with Crippen LogP contribution < -0.4 is 0 Å². The van der Waals surface area contributed by atoms with Crippen LogP contribution in [-0.4, -0.2) is 10.3 Å². The Kier molecular flexibility index (Phi) is 4.09. The average Bonchev–Trinajstić information content (AvgIpc) is 2.67. The van der Waals surface area contributed by atoms with Gasteiger partial charge in [-0.2, -0.15) is 0 Å². The van der Waals surface area contributed by atoms with Crippen molar-refractivity contribution in [2.75, 3.05) is 0 Å². The van der Waals surface area contributed by atoms with Crippen molar-refractivity contribution in [1.82, 2.24) is 5.16 Å². The standard InChI is InChI=1S/C14H17NO2S/c1-9-14(11(3)17-15-9)8-18-13-6-4-12(5-7-13)10(2)16/h4-7,10,16H,8H2,1-3H3. The van der Waals surface area contributed by atoms with Crippen LogP contribution in [-0.2, 0) is 5.75 Å².